The van der Waals surface area contributed by atoms with Gasteiger partial charge in [-0.15, -0.1) is 0 Å². The highest BCUT2D eigenvalue weighted by atomic mass is 35.5. The summed E-state index contributed by atoms with van der Waals surface area (Å²) in [6.07, 6.45) is 7.21. The summed E-state index contributed by atoms with van der Waals surface area (Å²) in [6.45, 7) is 0.847. The highest BCUT2D eigenvalue weighted by Crippen LogP contribution is 2.35. The summed E-state index contributed by atoms with van der Waals surface area (Å²) in [5.74, 6) is 1.16. The number of nitrogens with zero attached hydrogens (tertiary/aromatic N) is 2. The first-order chi connectivity index (χ1) is 11.2. The van der Waals surface area contributed by atoms with Gasteiger partial charge in [0.25, 0.3) is 5.91 Å². The number of carbonyl (C=O) groups is 1. The smallest absolute Gasteiger partial charge is 0.260 e. The number of nitriles is 1. The van der Waals surface area contributed by atoms with E-state index in [1.165, 1.54) is 25.7 Å². The van der Waals surface area contributed by atoms with Crippen LogP contribution < -0.4 is 4.74 Å². The first-order valence-corrected chi connectivity index (χ1v) is 8.69. The number of ether oxygens (including phenoxy) is 1. The highest BCUT2D eigenvalue weighted by molar-refractivity contribution is 6.32. The van der Waals surface area contributed by atoms with E-state index >= 15 is 0 Å². The van der Waals surface area contributed by atoms with Gasteiger partial charge in [0, 0.05) is 12.6 Å². The standard InChI is InChI=1S/C18H21ClN2O2/c19-15-10-13(11-20)7-8-17(15)23-12-18(22)21-9-3-5-14-4-1-2-6-16(14)21/h7-8,10,14,16H,1-6,9,12H2/t14-,16+/m1/s1. The summed E-state index contributed by atoms with van der Waals surface area (Å²) in [5.41, 5.74) is 0.481. The maximum absolute atomic E-state index is 12.6. The van der Waals surface area contributed by atoms with Crippen LogP contribution in [0.15, 0.2) is 18.2 Å². The van der Waals surface area contributed by atoms with Gasteiger partial charge in [-0.2, -0.15) is 5.26 Å². The number of hydrogen-bond acceptors (Lipinski definition) is 3. The van der Waals surface area contributed by atoms with Gasteiger partial charge in [0.05, 0.1) is 16.7 Å². The van der Waals surface area contributed by atoms with E-state index in [1.807, 2.05) is 11.0 Å². The zero-order valence-electron chi connectivity index (χ0n) is 13.1. The minimum Gasteiger partial charge on any atom is -0.482 e. The van der Waals surface area contributed by atoms with E-state index in [4.69, 9.17) is 21.6 Å². The van der Waals surface area contributed by atoms with E-state index in [0.717, 1.165) is 19.4 Å². The topological polar surface area (TPSA) is 53.3 Å². The Kier molecular flexibility index (Phi) is 5.07. The molecule has 2 atom stereocenters. The molecule has 3 rings (SSSR count). The second kappa shape index (κ2) is 7.23. The number of carbonyl (C=O) groups excluding carboxylic acids is 1. The molecule has 2 aliphatic rings. The molecule has 2 fully saturated rings. The third-order valence-electron chi connectivity index (χ3n) is 4.98. The maximum atomic E-state index is 12.6. The number of hydrogen-bond donors (Lipinski definition) is 0. The third-order valence-corrected chi connectivity index (χ3v) is 5.27. The van der Waals surface area contributed by atoms with E-state index in [0.29, 0.717) is 28.3 Å². The Balaban J connectivity index is 1.61. The Morgan fingerprint density at radius 3 is 2.87 bits per heavy atom. The van der Waals surface area contributed by atoms with Gasteiger partial charge in [-0.3, -0.25) is 4.79 Å². The fourth-order valence-corrected chi connectivity index (χ4v) is 4.08. The lowest BCUT2D eigenvalue weighted by molar-refractivity contribution is -0.139. The number of likely N-dealkylation sites (tertiary alicyclic amines) is 1. The molecule has 1 saturated carbocycles. The average molecular weight is 333 g/mol. The predicted molar refractivity (Wildman–Crippen MR) is 88.4 cm³/mol. The van der Waals surface area contributed by atoms with E-state index < -0.39 is 0 Å². The van der Waals surface area contributed by atoms with Crippen LogP contribution in [0.2, 0.25) is 5.02 Å². The molecule has 122 valence electrons. The van der Waals surface area contributed by atoms with Crippen molar-refractivity contribution in [1.29, 1.82) is 5.26 Å². The van der Waals surface area contributed by atoms with Gasteiger partial charge < -0.3 is 9.64 Å². The van der Waals surface area contributed by atoms with E-state index in [2.05, 4.69) is 0 Å². The zero-order chi connectivity index (χ0) is 16.2. The third kappa shape index (κ3) is 3.61. The lowest BCUT2D eigenvalue weighted by Gasteiger charge is -2.44. The summed E-state index contributed by atoms with van der Waals surface area (Å²) in [4.78, 5) is 14.6. The molecule has 1 aliphatic heterocycles. The fourth-order valence-electron chi connectivity index (χ4n) is 3.84. The predicted octanol–water partition coefficient (Wildman–Crippen LogP) is 3.77. The molecular formula is C18H21ClN2O2. The summed E-state index contributed by atoms with van der Waals surface area (Å²) >= 11 is 6.09. The maximum Gasteiger partial charge on any atom is 0.260 e. The van der Waals surface area contributed by atoms with Crippen molar-refractivity contribution in [3.8, 4) is 11.8 Å². The van der Waals surface area contributed by atoms with Crippen molar-refractivity contribution >= 4 is 17.5 Å². The van der Waals surface area contributed by atoms with Gasteiger partial charge in [-0.05, 0) is 49.8 Å². The van der Waals surface area contributed by atoms with Gasteiger partial charge in [-0.25, -0.2) is 0 Å². The number of rotatable bonds is 3. The van der Waals surface area contributed by atoms with Crippen LogP contribution in [0.4, 0.5) is 0 Å². The first-order valence-electron chi connectivity index (χ1n) is 8.31. The van der Waals surface area contributed by atoms with Gasteiger partial charge in [0.15, 0.2) is 6.61 Å². The number of halogens is 1. The van der Waals surface area contributed by atoms with Crippen molar-refractivity contribution in [2.24, 2.45) is 5.92 Å². The molecule has 0 spiro atoms. The van der Waals surface area contributed by atoms with Crippen LogP contribution in [0, 0.1) is 17.2 Å². The van der Waals surface area contributed by atoms with Crippen molar-refractivity contribution in [3.63, 3.8) is 0 Å². The van der Waals surface area contributed by atoms with Crippen LogP contribution in [0.3, 0.4) is 0 Å². The lowest BCUT2D eigenvalue weighted by Crippen LogP contribution is -2.51. The van der Waals surface area contributed by atoms with Gasteiger partial charge in [0.2, 0.25) is 0 Å². The van der Waals surface area contributed by atoms with Gasteiger partial charge in [0.1, 0.15) is 5.75 Å². The summed E-state index contributed by atoms with van der Waals surface area (Å²) in [5, 5.41) is 9.21. The largest absolute Gasteiger partial charge is 0.482 e. The number of benzene rings is 1. The van der Waals surface area contributed by atoms with Crippen molar-refractivity contribution in [2.45, 2.75) is 44.6 Å². The summed E-state index contributed by atoms with van der Waals surface area (Å²) in [6, 6.07) is 7.27. The summed E-state index contributed by atoms with van der Waals surface area (Å²) < 4.78 is 5.60. The van der Waals surface area contributed by atoms with E-state index in [-0.39, 0.29) is 12.5 Å². The SMILES string of the molecule is N#Cc1ccc(OCC(=O)N2CCC[C@H]3CCCC[C@@H]32)c(Cl)c1. The lowest BCUT2D eigenvalue weighted by atomic mass is 9.78. The van der Waals surface area contributed by atoms with Crippen LogP contribution in [-0.2, 0) is 4.79 Å². The van der Waals surface area contributed by atoms with Crippen LogP contribution in [0.1, 0.15) is 44.1 Å². The Bertz CT molecular complexity index is 624. The average Bonchev–Trinajstić information content (AvgIpc) is 2.59. The molecule has 1 heterocycles. The highest BCUT2D eigenvalue weighted by Gasteiger charge is 2.35. The van der Waals surface area contributed by atoms with Crippen LogP contribution in [0.5, 0.6) is 5.75 Å². The molecular weight excluding hydrogens is 312 g/mol. The monoisotopic (exact) mass is 332 g/mol. The van der Waals surface area contributed by atoms with Gasteiger partial charge >= 0.3 is 0 Å². The molecule has 1 amide bonds. The van der Waals surface area contributed by atoms with Crippen molar-refractivity contribution < 1.29 is 9.53 Å². The molecule has 4 nitrogen and oxygen atoms in total. The van der Waals surface area contributed by atoms with Crippen molar-refractivity contribution in [3.05, 3.63) is 28.8 Å². The Labute approximate surface area is 142 Å². The van der Waals surface area contributed by atoms with Crippen LogP contribution in [-0.4, -0.2) is 30.0 Å². The Morgan fingerprint density at radius 1 is 1.30 bits per heavy atom. The molecule has 1 aromatic carbocycles. The Hall–Kier alpha value is -1.73. The molecule has 0 N–H and O–H groups in total. The second-order valence-corrected chi connectivity index (χ2v) is 6.79. The molecule has 0 aromatic heterocycles. The molecule has 0 bridgehead atoms. The van der Waals surface area contributed by atoms with Crippen molar-refractivity contribution in [1.82, 2.24) is 4.90 Å². The molecule has 1 aliphatic carbocycles. The van der Waals surface area contributed by atoms with Crippen LogP contribution in [0.25, 0.3) is 0 Å². The normalized spacial score (nSPS) is 23.7. The molecule has 5 heteroatoms. The fraction of sp³-hybridized carbons (Fsp3) is 0.556. The van der Waals surface area contributed by atoms with Gasteiger partial charge in [-0.1, -0.05) is 24.4 Å². The van der Waals surface area contributed by atoms with Crippen molar-refractivity contribution in [2.75, 3.05) is 13.2 Å². The number of amides is 1. The molecule has 0 radical (unpaired) electrons. The molecule has 0 unspecified atom stereocenters. The minimum atomic E-state index is 0.00877. The molecule has 23 heavy (non-hydrogen) atoms. The van der Waals surface area contributed by atoms with Crippen LogP contribution >= 0.6 is 11.6 Å². The molecule has 1 aromatic rings. The quantitative estimate of drug-likeness (QED) is 0.846. The Morgan fingerprint density at radius 2 is 2.09 bits per heavy atom. The first kappa shape index (κ1) is 16.1. The molecule has 1 saturated heterocycles. The zero-order valence-corrected chi connectivity index (χ0v) is 13.9. The number of piperidine rings is 1. The van der Waals surface area contributed by atoms with E-state index in [1.54, 1.807) is 18.2 Å². The summed E-state index contributed by atoms with van der Waals surface area (Å²) in [7, 11) is 0. The second-order valence-electron chi connectivity index (χ2n) is 6.39. The number of fused-ring (bicyclic) bond motifs is 1. The van der Waals surface area contributed by atoms with E-state index in [9.17, 15) is 4.79 Å². The minimum absolute atomic E-state index is 0.00877.